The van der Waals surface area contributed by atoms with Crippen LogP contribution in [0.25, 0.3) is 16.8 Å². The van der Waals surface area contributed by atoms with E-state index in [-0.39, 0.29) is 0 Å². The second kappa shape index (κ2) is 4.90. The molecule has 3 nitrogen and oxygen atoms in total. The van der Waals surface area contributed by atoms with Crippen LogP contribution in [0, 0.1) is 0 Å². The number of anilines is 1. The molecular weight excluding hydrogens is 302 g/mol. The van der Waals surface area contributed by atoms with E-state index in [2.05, 4.69) is 33.2 Å². The lowest BCUT2D eigenvalue weighted by Crippen LogP contribution is -1.94. The summed E-state index contributed by atoms with van der Waals surface area (Å²) in [5.41, 5.74) is 9.65. The summed E-state index contributed by atoms with van der Waals surface area (Å²) in [5, 5.41) is 4.38. The topological polar surface area (TPSA) is 43.8 Å². The summed E-state index contributed by atoms with van der Waals surface area (Å²) in [5.74, 6) is 0. The monoisotopic (exact) mass is 313 g/mol. The first kappa shape index (κ1) is 12.0. The third-order valence-electron chi connectivity index (χ3n) is 2.90. The maximum absolute atomic E-state index is 5.68. The quantitative estimate of drug-likeness (QED) is 0.729. The van der Waals surface area contributed by atoms with Crippen LogP contribution in [0.5, 0.6) is 0 Å². The highest BCUT2D eigenvalue weighted by Crippen LogP contribution is 2.23. The Morgan fingerprint density at radius 3 is 2.53 bits per heavy atom. The molecule has 0 bridgehead atoms. The minimum atomic E-state index is 0.753. The highest BCUT2D eigenvalue weighted by molar-refractivity contribution is 9.10. The molecule has 0 unspecified atom stereocenters. The lowest BCUT2D eigenvalue weighted by atomic mass is 10.1. The largest absolute Gasteiger partial charge is 0.399 e. The van der Waals surface area contributed by atoms with Crippen molar-refractivity contribution in [1.82, 2.24) is 9.78 Å². The molecule has 0 amide bonds. The van der Waals surface area contributed by atoms with Crippen molar-refractivity contribution in [2.24, 2.45) is 0 Å². The summed E-state index contributed by atoms with van der Waals surface area (Å²) in [6, 6.07) is 15.8. The molecule has 3 rings (SSSR count). The normalized spacial score (nSPS) is 10.6. The summed E-state index contributed by atoms with van der Waals surface area (Å²) in [4.78, 5) is 0. The Labute approximate surface area is 119 Å². The molecular formula is C15H12BrN3. The van der Waals surface area contributed by atoms with E-state index >= 15 is 0 Å². The van der Waals surface area contributed by atoms with E-state index in [0.717, 1.165) is 27.0 Å². The van der Waals surface area contributed by atoms with E-state index in [1.54, 1.807) is 0 Å². The molecule has 0 aliphatic carbocycles. The highest BCUT2D eigenvalue weighted by atomic mass is 79.9. The number of nitrogens with zero attached hydrogens (tertiary/aromatic N) is 2. The number of hydrogen-bond acceptors (Lipinski definition) is 2. The van der Waals surface area contributed by atoms with Crippen molar-refractivity contribution in [3.63, 3.8) is 0 Å². The van der Waals surface area contributed by atoms with Gasteiger partial charge in [0, 0.05) is 21.9 Å². The van der Waals surface area contributed by atoms with Gasteiger partial charge in [-0.1, -0.05) is 28.1 Å². The average Bonchev–Trinajstić information content (AvgIpc) is 2.89. The van der Waals surface area contributed by atoms with Crippen LogP contribution in [-0.2, 0) is 0 Å². The van der Waals surface area contributed by atoms with Crippen LogP contribution in [0.2, 0.25) is 0 Å². The van der Waals surface area contributed by atoms with Crippen LogP contribution in [0.3, 0.4) is 0 Å². The molecule has 19 heavy (non-hydrogen) atoms. The van der Waals surface area contributed by atoms with Crippen molar-refractivity contribution in [3.8, 4) is 16.8 Å². The first-order valence-electron chi connectivity index (χ1n) is 5.89. The standard InChI is InChI=1S/C15H12BrN3/c16-13-3-1-2-11(8-13)12-9-18-19(10-12)15-6-4-14(17)5-7-15/h1-10H,17H2. The van der Waals surface area contributed by atoms with Gasteiger partial charge in [-0.2, -0.15) is 5.10 Å². The van der Waals surface area contributed by atoms with E-state index in [4.69, 9.17) is 5.73 Å². The fourth-order valence-electron chi connectivity index (χ4n) is 1.91. The van der Waals surface area contributed by atoms with E-state index in [1.807, 2.05) is 53.5 Å². The lowest BCUT2D eigenvalue weighted by molar-refractivity contribution is 0.881. The SMILES string of the molecule is Nc1ccc(-n2cc(-c3cccc(Br)c3)cn2)cc1. The fourth-order valence-corrected chi connectivity index (χ4v) is 2.31. The Bertz CT molecular complexity index is 701. The van der Waals surface area contributed by atoms with Crippen molar-refractivity contribution in [3.05, 3.63) is 65.4 Å². The first-order chi connectivity index (χ1) is 9.22. The summed E-state index contributed by atoms with van der Waals surface area (Å²) in [6.07, 6.45) is 3.87. The summed E-state index contributed by atoms with van der Waals surface area (Å²) >= 11 is 3.48. The molecule has 94 valence electrons. The molecule has 0 atom stereocenters. The minimum Gasteiger partial charge on any atom is -0.399 e. The molecule has 1 aromatic heterocycles. The predicted molar refractivity (Wildman–Crippen MR) is 81.1 cm³/mol. The summed E-state index contributed by atoms with van der Waals surface area (Å²) < 4.78 is 2.90. The molecule has 4 heteroatoms. The zero-order valence-corrected chi connectivity index (χ0v) is 11.7. The number of nitrogen functional groups attached to an aromatic ring is 1. The van der Waals surface area contributed by atoms with E-state index < -0.39 is 0 Å². The van der Waals surface area contributed by atoms with Gasteiger partial charge in [0.1, 0.15) is 0 Å². The van der Waals surface area contributed by atoms with Crippen LogP contribution in [0.4, 0.5) is 5.69 Å². The fraction of sp³-hybridized carbons (Fsp3) is 0. The first-order valence-corrected chi connectivity index (χ1v) is 6.68. The van der Waals surface area contributed by atoms with Crippen molar-refractivity contribution >= 4 is 21.6 Å². The lowest BCUT2D eigenvalue weighted by Gasteiger charge is -2.01. The number of benzene rings is 2. The number of nitrogens with two attached hydrogens (primary N) is 1. The second-order valence-corrected chi connectivity index (χ2v) is 5.19. The van der Waals surface area contributed by atoms with Gasteiger partial charge in [0.25, 0.3) is 0 Å². The number of hydrogen-bond donors (Lipinski definition) is 1. The maximum atomic E-state index is 5.68. The Balaban J connectivity index is 1.97. The molecule has 0 radical (unpaired) electrons. The molecule has 3 aromatic rings. The molecule has 0 saturated heterocycles. The molecule has 0 aliphatic heterocycles. The van der Waals surface area contributed by atoms with Gasteiger partial charge in [-0.25, -0.2) is 4.68 Å². The smallest absolute Gasteiger partial charge is 0.0647 e. The predicted octanol–water partition coefficient (Wildman–Crippen LogP) is 3.88. The molecule has 2 N–H and O–H groups in total. The molecule has 2 aromatic carbocycles. The van der Waals surface area contributed by atoms with E-state index in [9.17, 15) is 0 Å². The molecule has 1 heterocycles. The Kier molecular flexibility index (Phi) is 3.09. The Morgan fingerprint density at radius 1 is 1.00 bits per heavy atom. The Hall–Kier alpha value is -2.07. The average molecular weight is 314 g/mol. The zero-order chi connectivity index (χ0) is 13.2. The molecule has 0 saturated carbocycles. The maximum Gasteiger partial charge on any atom is 0.0647 e. The minimum absolute atomic E-state index is 0.753. The van der Waals surface area contributed by atoms with Crippen LogP contribution >= 0.6 is 15.9 Å². The van der Waals surface area contributed by atoms with Gasteiger partial charge in [0.15, 0.2) is 0 Å². The number of halogens is 1. The number of rotatable bonds is 2. The van der Waals surface area contributed by atoms with Crippen LogP contribution < -0.4 is 5.73 Å². The van der Waals surface area contributed by atoms with Crippen LogP contribution in [0.15, 0.2) is 65.4 Å². The van der Waals surface area contributed by atoms with E-state index in [1.165, 1.54) is 0 Å². The van der Waals surface area contributed by atoms with Gasteiger partial charge in [-0.3, -0.25) is 0 Å². The van der Waals surface area contributed by atoms with Gasteiger partial charge in [-0.15, -0.1) is 0 Å². The number of aromatic nitrogens is 2. The summed E-state index contributed by atoms with van der Waals surface area (Å²) in [7, 11) is 0. The van der Waals surface area contributed by atoms with Crippen molar-refractivity contribution in [2.45, 2.75) is 0 Å². The van der Waals surface area contributed by atoms with Gasteiger partial charge in [0.05, 0.1) is 11.9 Å². The second-order valence-electron chi connectivity index (χ2n) is 4.28. The highest BCUT2D eigenvalue weighted by Gasteiger charge is 2.03. The van der Waals surface area contributed by atoms with Crippen molar-refractivity contribution < 1.29 is 0 Å². The molecule has 0 aliphatic rings. The van der Waals surface area contributed by atoms with Crippen LogP contribution in [-0.4, -0.2) is 9.78 Å². The van der Waals surface area contributed by atoms with Crippen LogP contribution in [0.1, 0.15) is 0 Å². The third-order valence-corrected chi connectivity index (χ3v) is 3.39. The van der Waals surface area contributed by atoms with E-state index in [0.29, 0.717) is 0 Å². The summed E-state index contributed by atoms with van der Waals surface area (Å²) in [6.45, 7) is 0. The van der Waals surface area contributed by atoms with Crippen molar-refractivity contribution in [1.29, 1.82) is 0 Å². The van der Waals surface area contributed by atoms with Gasteiger partial charge >= 0.3 is 0 Å². The van der Waals surface area contributed by atoms with Crippen molar-refractivity contribution in [2.75, 3.05) is 5.73 Å². The van der Waals surface area contributed by atoms with Gasteiger partial charge in [-0.05, 0) is 42.0 Å². The van der Waals surface area contributed by atoms with Gasteiger partial charge in [0.2, 0.25) is 0 Å². The molecule has 0 fully saturated rings. The Morgan fingerprint density at radius 2 is 1.79 bits per heavy atom. The molecule has 0 spiro atoms. The zero-order valence-electron chi connectivity index (χ0n) is 10.1. The van der Waals surface area contributed by atoms with Gasteiger partial charge < -0.3 is 5.73 Å². The third kappa shape index (κ3) is 2.53.